The number of carbonyl (C=O) groups is 1. The number of carbonyl (C=O) groups excluding carboxylic acids is 1. The molecule has 0 atom stereocenters. The summed E-state index contributed by atoms with van der Waals surface area (Å²) in [4.78, 5) is 11.2. The summed E-state index contributed by atoms with van der Waals surface area (Å²) in [7, 11) is 1.66. The third-order valence-electron chi connectivity index (χ3n) is 2.55. The summed E-state index contributed by atoms with van der Waals surface area (Å²) in [6.45, 7) is 8.02. The first-order valence-electron chi connectivity index (χ1n) is 5.52. The fraction of sp³-hybridized carbons (Fsp3) is 0.500. The van der Waals surface area contributed by atoms with Crippen molar-refractivity contribution >= 4 is 5.78 Å². The van der Waals surface area contributed by atoms with Crippen LogP contribution in [0.15, 0.2) is 18.2 Å². The molecule has 0 saturated heterocycles. The lowest BCUT2D eigenvalue weighted by Crippen LogP contribution is -2.14. The Balaban J connectivity index is 3.26. The lowest BCUT2D eigenvalue weighted by atomic mass is 9.84. The highest BCUT2D eigenvalue weighted by Crippen LogP contribution is 2.34. The van der Waals surface area contributed by atoms with Crippen molar-refractivity contribution in [3.05, 3.63) is 29.3 Å². The van der Waals surface area contributed by atoms with Crippen LogP contribution in [0.25, 0.3) is 0 Å². The zero-order valence-electron chi connectivity index (χ0n) is 10.8. The van der Waals surface area contributed by atoms with Crippen molar-refractivity contribution < 1.29 is 9.53 Å². The first-order chi connectivity index (χ1) is 7.36. The van der Waals surface area contributed by atoms with Gasteiger partial charge < -0.3 is 4.74 Å². The lowest BCUT2D eigenvalue weighted by molar-refractivity contribution is -0.116. The Morgan fingerprint density at radius 1 is 1.31 bits per heavy atom. The van der Waals surface area contributed by atoms with Crippen LogP contribution >= 0.6 is 0 Å². The van der Waals surface area contributed by atoms with Crippen molar-refractivity contribution in [3.8, 4) is 5.75 Å². The zero-order chi connectivity index (χ0) is 12.3. The van der Waals surface area contributed by atoms with Gasteiger partial charge in [0.2, 0.25) is 0 Å². The summed E-state index contributed by atoms with van der Waals surface area (Å²) in [5.74, 6) is 1.01. The number of rotatable bonds is 3. The molecule has 0 amide bonds. The van der Waals surface area contributed by atoms with Crippen molar-refractivity contribution in [2.24, 2.45) is 0 Å². The second kappa shape index (κ2) is 4.69. The minimum Gasteiger partial charge on any atom is -0.496 e. The summed E-state index contributed by atoms with van der Waals surface area (Å²) < 4.78 is 5.45. The molecular formula is C14H20O2. The van der Waals surface area contributed by atoms with E-state index in [-0.39, 0.29) is 11.2 Å². The van der Waals surface area contributed by atoms with Gasteiger partial charge in [-0.2, -0.15) is 0 Å². The molecule has 0 unspecified atom stereocenters. The van der Waals surface area contributed by atoms with Crippen LogP contribution in [0.3, 0.4) is 0 Å². The van der Waals surface area contributed by atoms with Crippen LogP contribution < -0.4 is 4.74 Å². The van der Waals surface area contributed by atoms with Crippen LogP contribution in [0.1, 0.15) is 38.8 Å². The smallest absolute Gasteiger partial charge is 0.134 e. The molecule has 1 aromatic rings. The van der Waals surface area contributed by atoms with E-state index in [4.69, 9.17) is 4.74 Å². The van der Waals surface area contributed by atoms with Gasteiger partial charge in [-0.1, -0.05) is 39.0 Å². The molecule has 0 heterocycles. The predicted octanol–water partition coefficient (Wildman–Crippen LogP) is 3.12. The van der Waals surface area contributed by atoms with Crippen LogP contribution in [-0.4, -0.2) is 12.9 Å². The summed E-state index contributed by atoms with van der Waals surface area (Å²) in [6.07, 6.45) is 0.438. The van der Waals surface area contributed by atoms with Crippen LogP contribution in [0.4, 0.5) is 0 Å². The summed E-state index contributed by atoms with van der Waals surface area (Å²) in [5, 5.41) is 0. The van der Waals surface area contributed by atoms with Crippen molar-refractivity contribution in [1.29, 1.82) is 0 Å². The van der Waals surface area contributed by atoms with E-state index >= 15 is 0 Å². The average molecular weight is 220 g/mol. The molecule has 0 saturated carbocycles. The fourth-order valence-corrected chi connectivity index (χ4v) is 1.82. The first kappa shape index (κ1) is 12.8. The molecule has 0 N–H and O–H groups in total. The van der Waals surface area contributed by atoms with E-state index in [1.807, 2.05) is 12.1 Å². The number of Topliss-reactive ketones (excluding diaryl/α,β-unsaturated/α-hetero) is 1. The summed E-state index contributed by atoms with van der Waals surface area (Å²) in [6, 6.07) is 6.00. The van der Waals surface area contributed by atoms with Gasteiger partial charge in [-0.25, -0.2) is 0 Å². The molecule has 0 aliphatic carbocycles. The van der Waals surface area contributed by atoms with Gasteiger partial charge in [0.05, 0.1) is 7.11 Å². The third-order valence-corrected chi connectivity index (χ3v) is 2.55. The van der Waals surface area contributed by atoms with Crippen molar-refractivity contribution in [1.82, 2.24) is 0 Å². The fourth-order valence-electron chi connectivity index (χ4n) is 1.82. The van der Waals surface area contributed by atoms with Gasteiger partial charge in [-0.15, -0.1) is 0 Å². The highest BCUT2D eigenvalue weighted by atomic mass is 16.5. The van der Waals surface area contributed by atoms with Gasteiger partial charge >= 0.3 is 0 Å². The van der Waals surface area contributed by atoms with Gasteiger partial charge in [0.25, 0.3) is 0 Å². The highest BCUT2D eigenvalue weighted by Gasteiger charge is 2.20. The van der Waals surface area contributed by atoms with E-state index in [2.05, 4.69) is 26.8 Å². The number of hydrogen-bond donors (Lipinski definition) is 0. The van der Waals surface area contributed by atoms with Gasteiger partial charge in [-0.05, 0) is 17.9 Å². The monoisotopic (exact) mass is 220 g/mol. The highest BCUT2D eigenvalue weighted by molar-refractivity contribution is 5.79. The topological polar surface area (TPSA) is 26.3 Å². The van der Waals surface area contributed by atoms with Crippen LogP contribution in [0.2, 0.25) is 0 Å². The molecule has 0 radical (unpaired) electrons. The quantitative estimate of drug-likeness (QED) is 0.782. The Morgan fingerprint density at radius 3 is 2.38 bits per heavy atom. The second-order valence-electron chi connectivity index (χ2n) is 5.13. The Bertz CT molecular complexity index is 386. The van der Waals surface area contributed by atoms with Gasteiger partial charge in [0.1, 0.15) is 11.5 Å². The van der Waals surface area contributed by atoms with Crippen LogP contribution in [0, 0.1) is 0 Å². The van der Waals surface area contributed by atoms with E-state index in [0.717, 1.165) is 16.9 Å². The number of ketones is 1. The van der Waals surface area contributed by atoms with Crippen molar-refractivity contribution in [2.75, 3.05) is 7.11 Å². The third kappa shape index (κ3) is 2.84. The van der Waals surface area contributed by atoms with Gasteiger partial charge in [-0.3, -0.25) is 4.79 Å². The molecule has 0 fully saturated rings. The number of ether oxygens (including phenoxy) is 1. The Morgan fingerprint density at radius 2 is 1.94 bits per heavy atom. The molecule has 0 aliphatic rings. The summed E-state index contributed by atoms with van der Waals surface area (Å²) >= 11 is 0. The number of methoxy groups -OCH3 is 1. The van der Waals surface area contributed by atoms with Crippen molar-refractivity contribution in [2.45, 2.75) is 39.5 Å². The maximum atomic E-state index is 11.2. The normalized spacial score (nSPS) is 11.3. The lowest BCUT2D eigenvalue weighted by Gasteiger charge is -2.23. The first-order valence-corrected chi connectivity index (χ1v) is 5.52. The van der Waals surface area contributed by atoms with E-state index in [1.165, 1.54) is 0 Å². The van der Waals surface area contributed by atoms with Crippen LogP contribution in [0.5, 0.6) is 5.75 Å². The maximum Gasteiger partial charge on any atom is 0.134 e. The molecule has 0 bridgehead atoms. The Hall–Kier alpha value is -1.31. The molecule has 0 aromatic heterocycles. The van der Waals surface area contributed by atoms with Crippen LogP contribution in [-0.2, 0) is 16.6 Å². The SMILES string of the molecule is COc1c(CC(C)=O)cccc1C(C)(C)C. The molecule has 88 valence electrons. The standard InChI is InChI=1S/C14H20O2/c1-10(15)9-11-7-6-8-12(13(11)16-5)14(2,3)4/h6-8H,9H2,1-5H3. The number of para-hydroxylation sites is 1. The molecular weight excluding hydrogens is 200 g/mol. The molecule has 0 spiro atoms. The summed E-state index contributed by atoms with van der Waals surface area (Å²) in [5.41, 5.74) is 2.15. The minimum atomic E-state index is 0.0259. The average Bonchev–Trinajstić information content (AvgIpc) is 2.15. The van der Waals surface area contributed by atoms with Gasteiger partial charge in [0, 0.05) is 12.0 Å². The van der Waals surface area contributed by atoms with Crippen molar-refractivity contribution in [3.63, 3.8) is 0 Å². The largest absolute Gasteiger partial charge is 0.496 e. The molecule has 16 heavy (non-hydrogen) atoms. The number of hydrogen-bond acceptors (Lipinski definition) is 2. The van der Waals surface area contributed by atoms with Gasteiger partial charge in [0.15, 0.2) is 0 Å². The van der Waals surface area contributed by atoms with E-state index in [1.54, 1.807) is 14.0 Å². The molecule has 0 aliphatic heterocycles. The molecule has 2 nitrogen and oxygen atoms in total. The molecule has 1 aromatic carbocycles. The minimum absolute atomic E-state index is 0.0259. The Labute approximate surface area is 97.6 Å². The van der Waals surface area contributed by atoms with E-state index < -0.39 is 0 Å². The molecule has 1 rings (SSSR count). The zero-order valence-corrected chi connectivity index (χ0v) is 10.8. The molecule has 2 heteroatoms. The Kier molecular flexibility index (Phi) is 3.74. The number of benzene rings is 1. The maximum absolute atomic E-state index is 11.2. The van der Waals surface area contributed by atoms with E-state index in [9.17, 15) is 4.79 Å². The van der Waals surface area contributed by atoms with E-state index in [0.29, 0.717) is 6.42 Å². The predicted molar refractivity (Wildman–Crippen MR) is 66.1 cm³/mol. The second-order valence-corrected chi connectivity index (χ2v) is 5.13.